The van der Waals surface area contributed by atoms with Gasteiger partial charge in [-0.05, 0) is 43.9 Å². The van der Waals surface area contributed by atoms with Crippen molar-refractivity contribution in [2.24, 2.45) is 0 Å². The molecule has 1 aliphatic heterocycles. The first kappa shape index (κ1) is 12.0. The lowest BCUT2D eigenvalue weighted by Gasteiger charge is -2.42. The summed E-state index contributed by atoms with van der Waals surface area (Å²) in [5.74, 6) is -0.0929. The Kier molecular flexibility index (Phi) is 2.45. The van der Waals surface area contributed by atoms with Crippen molar-refractivity contribution in [3.8, 4) is 5.75 Å². The summed E-state index contributed by atoms with van der Waals surface area (Å²) in [5.41, 5.74) is 1.03. The van der Waals surface area contributed by atoms with Gasteiger partial charge in [0.05, 0.1) is 5.56 Å². The second-order valence-corrected chi connectivity index (χ2v) is 5.94. The molecule has 17 heavy (non-hydrogen) atoms. The summed E-state index contributed by atoms with van der Waals surface area (Å²) < 4.78 is 5.90. The molecule has 0 atom stereocenters. The van der Waals surface area contributed by atoms with Crippen LogP contribution in [0.2, 0.25) is 0 Å². The van der Waals surface area contributed by atoms with E-state index in [-0.39, 0.29) is 11.0 Å². The highest BCUT2D eigenvalue weighted by Gasteiger charge is 2.39. The number of carboxylic acid groups (broad SMARTS) is 1. The number of carboxylic acids is 1. The maximum absolute atomic E-state index is 11.0. The van der Waals surface area contributed by atoms with Crippen molar-refractivity contribution in [3.63, 3.8) is 0 Å². The first-order chi connectivity index (χ1) is 7.71. The Balaban J connectivity index is 2.55. The largest absolute Gasteiger partial charge is 0.488 e. The highest BCUT2D eigenvalue weighted by Crippen LogP contribution is 2.44. The predicted octanol–water partition coefficient (Wildman–Crippen LogP) is 3.22. The summed E-state index contributed by atoms with van der Waals surface area (Å²) in [6, 6.07) is 5.09. The first-order valence-electron chi connectivity index (χ1n) is 5.78. The van der Waals surface area contributed by atoms with Gasteiger partial charge in [0.25, 0.3) is 0 Å². The summed E-state index contributed by atoms with van der Waals surface area (Å²) >= 11 is 0. The van der Waals surface area contributed by atoms with Crippen LogP contribution >= 0.6 is 0 Å². The third-order valence-corrected chi connectivity index (χ3v) is 3.21. The Labute approximate surface area is 101 Å². The smallest absolute Gasteiger partial charge is 0.335 e. The van der Waals surface area contributed by atoms with Gasteiger partial charge >= 0.3 is 5.97 Å². The minimum Gasteiger partial charge on any atom is -0.488 e. The molecule has 0 aliphatic carbocycles. The average molecular weight is 234 g/mol. The van der Waals surface area contributed by atoms with Gasteiger partial charge in [-0.3, -0.25) is 0 Å². The minimum atomic E-state index is -0.895. The van der Waals surface area contributed by atoms with E-state index in [1.807, 2.05) is 0 Å². The SMILES string of the molecule is CC1(C)CC(C)(C)c2cc(C(=O)O)ccc2O1. The highest BCUT2D eigenvalue weighted by molar-refractivity contribution is 5.88. The van der Waals surface area contributed by atoms with E-state index in [4.69, 9.17) is 9.84 Å². The number of hydrogen-bond acceptors (Lipinski definition) is 2. The second-order valence-electron chi connectivity index (χ2n) is 5.94. The number of hydrogen-bond donors (Lipinski definition) is 1. The molecule has 1 aliphatic rings. The molecule has 0 saturated carbocycles. The van der Waals surface area contributed by atoms with Crippen molar-refractivity contribution in [1.29, 1.82) is 0 Å². The van der Waals surface area contributed by atoms with E-state index < -0.39 is 5.97 Å². The summed E-state index contributed by atoms with van der Waals surface area (Å²) in [6.07, 6.45) is 0.871. The summed E-state index contributed by atoms with van der Waals surface area (Å²) in [4.78, 5) is 11.0. The third kappa shape index (κ3) is 2.14. The average Bonchev–Trinajstić information content (AvgIpc) is 2.13. The van der Waals surface area contributed by atoms with Gasteiger partial charge in [-0.2, -0.15) is 0 Å². The number of aromatic carboxylic acids is 1. The van der Waals surface area contributed by atoms with Gasteiger partial charge in [0.15, 0.2) is 0 Å². The highest BCUT2D eigenvalue weighted by atomic mass is 16.5. The molecule has 0 amide bonds. The van der Waals surface area contributed by atoms with Crippen LogP contribution in [0.1, 0.15) is 50.0 Å². The monoisotopic (exact) mass is 234 g/mol. The van der Waals surface area contributed by atoms with E-state index >= 15 is 0 Å². The molecule has 3 nitrogen and oxygen atoms in total. The molecular formula is C14H18O3. The molecule has 2 rings (SSSR count). The molecule has 3 heteroatoms. The van der Waals surface area contributed by atoms with E-state index in [2.05, 4.69) is 27.7 Å². The molecule has 0 saturated heterocycles. The van der Waals surface area contributed by atoms with E-state index in [0.717, 1.165) is 17.7 Å². The lowest BCUT2D eigenvalue weighted by atomic mass is 9.73. The number of benzene rings is 1. The fourth-order valence-electron chi connectivity index (χ4n) is 2.77. The molecule has 0 radical (unpaired) electrons. The van der Waals surface area contributed by atoms with Gasteiger partial charge in [0.1, 0.15) is 11.4 Å². The Morgan fingerprint density at radius 2 is 1.94 bits per heavy atom. The summed E-state index contributed by atoms with van der Waals surface area (Å²) in [7, 11) is 0. The summed E-state index contributed by atoms with van der Waals surface area (Å²) in [5, 5.41) is 9.02. The lowest BCUT2D eigenvalue weighted by molar-refractivity contribution is 0.0532. The van der Waals surface area contributed by atoms with Crippen LogP contribution in [0.4, 0.5) is 0 Å². The molecule has 1 aromatic rings. The predicted molar refractivity (Wildman–Crippen MR) is 65.8 cm³/mol. The lowest BCUT2D eigenvalue weighted by Crippen LogP contribution is -2.41. The van der Waals surface area contributed by atoms with E-state index in [0.29, 0.717) is 5.56 Å². The van der Waals surface area contributed by atoms with E-state index in [1.165, 1.54) is 0 Å². The van der Waals surface area contributed by atoms with Gasteiger partial charge in [0, 0.05) is 5.56 Å². The van der Waals surface area contributed by atoms with Crippen LogP contribution in [0.3, 0.4) is 0 Å². The maximum atomic E-state index is 11.0. The van der Waals surface area contributed by atoms with Gasteiger partial charge in [0.2, 0.25) is 0 Å². The molecule has 0 bridgehead atoms. The zero-order valence-electron chi connectivity index (χ0n) is 10.7. The van der Waals surface area contributed by atoms with Crippen molar-refractivity contribution < 1.29 is 14.6 Å². The van der Waals surface area contributed by atoms with Crippen LogP contribution in [0.15, 0.2) is 18.2 Å². The topological polar surface area (TPSA) is 46.5 Å². The Bertz CT molecular complexity index is 472. The van der Waals surface area contributed by atoms with E-state index in [1.54, 1.807) is 18.2 Å². The second kappa shape index (κ2) is 3.49. The number of carbonyl (C=O) groups is 1. The standard InChI is InChI=1S/C14H18O3/c1-13(2)8-14(3,4)17-11-6-5-9(12(15)16)7-10(11)13/h5-7H,8H2,1-4H3,(H,15,16). The van der Waals surface area contributed by atoms with Crippen LogP contribution in [0, 0.1) is 0 Å². The van der Waals surface area contributed by atoms with E-state index in [9.17, 15) is 4.79 Å². The van der Waals surface area contributed by atoms with Crippen molar-refractivity contribution in [3.05, 3.63) is 29.3 Å². The van der Waals surface area contributed by atoms with Crippen LogP contribution < -0.4 is 4.74 Å². The zero-order chi connectivity index (χ0) is 12.8. The fraction of sp³-hybridized carbons (Fsp3) is 0.500. The van der Waals surface area contributed by atoms with Crippen LogP contribution in [-0.4, -0.2) is 16.7 Å². The van der Waals surface area contributed by atoms with Crippen LogP contribution in [0.25, 0.3) is 0 Å². The molecule has 0 spiro atoms. The zero-order valence-corrected chi connectivity index (χ0v) is 10.7. The van der Waals surface area contributed by atoms with Crippen molar-refractivity contribution in [1.82, 2.24) is 0 Å². The molecule has 1 heterocycles. The minimum absolute atomic E-state index is 0.0669. The van der Waals surface area contributed by atoms with Gasteiger partial charge in [-0.25, -0.2) is 4.79 Å². The normalized spacial score (nSPS) is 20.2. The Morgan fingerprint density at radius 3 is 2.53 bits per heavy atom. The Hall–Kier alpha value is -1.51. The van der Waals surface area contributed by atoms with Gasteiger partial charge in [-0.15, -0.1) is 0 Å². The molecule has 1 aromatic carbocycles. The number of fused-ring (bicyclic) bond motifs is 1. The van der Waals surface area contributed by atoms with Gasteiger partial charge < -0.3 is 9.84 Å². The fourth-order valence-corrected chi connectivity index (χ4v) is 2.77. The molecule has 92 valence electrons. The molecule has 1 N–H and O–H groups in total. The van der Waals surface area contributed by atoms with Crippen LogP contribution in [0.5, 0.6) is 5.75 Å². The van der Waals surface area contributed by atoms with Crippen molar-refractivity contribution in [2.75, 3.05) is 0 Å². The quantitative estimate of drug-likeness (QED) is 0.811. The number of rotatable bonds is 1. The summed E-state index contributed by atoms with van der Waals surface area (Å²) in [6.45, 7) is 8.37. The first-order valence-corrected chi connectivity index (χ1v) is 5.78. The third-order valence-electron chi connectivity index (χ3n) is 3.21. The molecule has 0 fully saturated rings. The van der Waals surface area contributed by atoms with Crippen LogP contribution in [-0.2, 0) is 5.41 Å². The molecule has 0 aromatic heterocycles. The van der Waals surface area contributed by atoms with Gasteiger partial charge in [-0.1, -0.05) is 13.8 Å². The molecule has 0 unspecified atom stereocenters. The molecular weight excluding hydrogens is 216 g/mol. The van der Waals surface area contributed by atoms with Crippen molar-refractivity contribution >= 4 is 5.97 Å². The Morgan fingerprint density at radius 1 is 1.29 bits per heavy atom. The van der Waals surface area contributed by atoms with Crippen molar-refractivity contribution in [2.45, 2.75) is 45.1 Å². The number of ether oxygens (including phenoxy) is 1. The maximum Gasteiger partial charge on any atom is 0.335 e.